The summed E-state index contributed by atoms with van der Waals surface area (Å²) in [5, 5.41) is 7.04. The Morgan fingerprint density at radius 2 is 1.38 bits per heavy atom. The van der Waals surface area contributed by atoms with E-state index in [-0.39, 0.29) is 11.6 Å². The van der Waals surface area contributed by atoms with Crippen molar-refractivity contribution in [3.63, 3.8) is 0 Å². The summed E-state index contributed by atoms with van der Waals surface area (Å²) in [6, 6.07) is 12.2. The average molecular weight is 445 g/mol. The third kappa shape index (κ3) is 8.79. The zero-order valence-electron chi connectivity index (χ0n) is 20.1. The van der Waals surface area contributed by atoms with E-state index >= 15 is 0 Å². The third-order valence-corrected chi connectivity index (χ3v) is 5.76. The van der Waals surface area contributed by atoms with Gasteiger partial charge in [0.25, 0.3) is 0 Å². The van der Waals surface area contributed by atoms with Crippen LogP contribution in [-0.4, -0.2) is 40.4 Å². The summed E-state index contributed by atoms with van der Waals surface area (Å²) in [6.07, 6.45) is 8.60. The van der Waals surface area contributed by atoms with Crippen LogP contribution in [0.25, 0.3) is 0 Å². The highest BCUT2D eigenvalue weighted by Crippen LogP contribution is 2.37. The minimum absolute atomic E-state index is 0.210. The van der Waals surface area contributed by atoms with Crippen LogP contribution in [0.2, 0.25) is 0 Å². The van der Waals surface area contributed by atoms with Gasteiger partial charge >= 0.3 is 0 Å². The molecule has 0 radical (unpaired) electrons. The minimum Gasteiger partial charge on any atom is -0.492 e. The molecule has 0 aromatic heterocycles. The van der Waals surface area contributed by atoms with Gasteiger partial charge < -0.3 is 20.1 Å². The summed E-state index contributed by atoms with van der Waals surface area (Å²) < 4.78 is 25.1. The molecule has 0 fully saturated rings. The zero-order valence-corrected chi connectivity index (χ0v) is 20.1. The SMILES string of the molecule is CCCc1c(CCNCCCCCCNCCc2ccccc2)cc(F)c(OC)c1OC. The van der Waals surface area contributed by atoms with Gasteiger partial charge in [-0.05, 0) is 75.5 Å². The van der Waals surface area contributed by atoms with Gasteiger partial charge in [-0.25, -0.2) is 4.39 Å². The van der Waals surface area contributed by atoms with Crippen molar-refractivity contribution < 1.29 is 13.9 Å². The van der Waals surface area contributed by atoms with Crippen LogP contribution in [0.1, 0.15) is 55.7 Å². The predicted octanol–water partition coefficient (Wildman–Crippen LogP) is 5.32. The molecule has 4 nitrogen and oxygen atoms in total. The monoisotopic (exact) mass is 444 g/mol. The van der Waals surface area contributed by atoms with Crippen LogP contribution in [0.4, 0.5) is 4.39 Å². The molecule has 5 heteroatoms. The number of ether oxygens (including phenoxy) is 2. The van der Waals surface area contributed by atoms with E-state index in [1.54, 1.807) is 13.2 Å². The molecule has 0 atom stereocenters. The van der Waals surface area contributed by atoms with E-state index in [1.165, 1.54) is 38.4 Å². The Bertz CT molecular complexity index is 768. The minimum atomic E-state index is -0.350. The Morgan fingerprint density at radius 1 is 0.750 bits per heavy atom. The standard InChI is InChI=1S/C27H41FN2O2/c1-4-12-24-23(21-25(28)27(32-3)26(24)31-2)16-20-30-18-11-6-5-10-17-29-19-15-22-13-8-7-9-14-22/h7-9,13-14,21,29-30H,4-6,10-12,15-20H2,1-3H3. The van der Waals surface area contributed by atoms with Crippen LogP contribution < -0.4 is 20.1 Å². The van der Waals surface area contributed by atoms with E-state index in [1.807, 2.05) is 0 Å². The van der Waals surface area contributed by atoms with Gasteiger partial charge in [0.05, 0.1) is 14.2 Å². The lowest BCUT2D eigenvalue weighted by Crippen LogP contribution is -2.20. The summed E-state index contributed by atoms with van der Waals surface area (Å²) in [7, 11) is 3.07. The molecule has 0 aliphatic rings. The maximum absolute atomic E-state index is 14.4. The fourth-order valence-electron chi connectivity index (χ4n) is 4.05. The van der Waals surface area contributed by atoms with Crippen LogP contribution in [0.3, 0.4) is 0 Å². The first-order chi connectivity index (χ1) is 15.7. The van der Waals surface area contributed by atoms with Gasteiger partial charge in [0.1, 0.15) is 0 Å². The normalized spacial score (nSPS) is 11.0. The van der Waals surface area contributed by atoms with Crippen molar-refractivity contribution in [2.75, 3.05) is 40.4 Å². The van der Waals surface area contributed by atoms with Gasteiger partial charge in [0, 0.05) is 5.56 Å². The second kappa shape index (κ2) is 15.7. The zero-order chi connectivity index (χ0) is 23.0. The maximum Gasteiger partial charge on any atom is 0.197 e. The van der Waals surface area contributed by atoms with Crippen molar-refractivity contribution >= 4 is 0 Å². The first kappa shape index (κ1) is 26.1. The van der Waals surface area contributed by atoms with Gasteiger partial charge in [-0.1, -0.05) is 56.5 Å². The molecule has 2 rings (SSSR count). The fraction of sp³-hybridized carbons (Fsp3) is 0.556. The van der Waals surface area contributed by atoms with E-state index in [2.05, 4.69) is 47.9 Å². The lowest BCUT2D eigenvalue weighted by Gasteiger charge is -2.18. The van der Waals surface area contributed by atoms with Crippen LogP contribution >= 0.6 is 0 Å². The predicted molar refractivity (Wildman–Crippen MR) is 132 cm³/mol. The first-order valence-electron chi connectivity index (χ1n) is 12.1. The fourth-order valence-corrected chi connectivity index (χ4v) is 4.05. The van der Waals surface area contributed by atoms with E-state index in [0.717, 1.165) is 63.0 Å². The van der Waals surface area contributed by atoms with Crippen LogP contribution in [0, 0.1) is 5.82 Å². The van der Waals surface area contributed by atoms with Crippen molar-refractivity contribution in [3.05, 3.63) is 58.9 Å². The number of unbranched alkanes of at least 4 members (excludes halogenated alkanes) is 3. The Labute approximate surface area is 193 Å². The van der Waals surface area contributed by atoms with Crippen molar-refractivity contribution in [2.45, 2.75) is 58.3 Å². The highest BCUT2D eigenvalue weighted by Gasteiger charge is 2.19. The Kier molecular flexibility index (Phi) is 12.8. The molecule has 0 unspecified atom stereocenters. The largest absolute Gasteiger partial charge is 0.492 e. The summed E-state index contributed by atoms with van der Waals surface area (Å²) in [4.78, 5) is 0. The highest BCUT2D eigenvalue weighted by atomic mass is 19.1. The molecule has 2 aromatic carbocycles. The molecular weight excluding hydrogens is 403 g/mol. The number of halogens is 1. The molecular formula is C27H41FN2O2. The summed E-state index contributed by atoms with van der Waals surface area (Å²) in [6.45, 7) is 6.09. The molecule has 0 aliphatic heterocycles. The van der Waals surface area contributed by atoms with Gasteiger partial charge in [0.15, 0.2) is 17.3 Å². The number of hydrogen-bond acceptors (Lipinski definition) is 4. The van der Waals surface area contributed by atoms with Crippen molar-refractivity contribution in [1.29, 1.82) is 0 Å². The summed E-state index contributed by atoms with van der Waals surface area (Å²) in [5.74, 6) is 0.403. The first-order valence-corrected chi connectivity index (χ1v) is 12.1. The quantitative estimate of drug-likeness (QED) is 0.324. The lowest BCUT2D eigenvalue weighted by atomic mass is 9.98. The highest BCUT2D eigenvalue weighted by molar-refractivity contribution is 5.52. The maximum atomic E-state index is 14.4. The topological polar surface area (TPSA) is 42.5 Å². The number of methoxy groups -OCH3 is 2. The van der Waals surface area contributed by atoms with Gasteiger partial charge in [-0.2, -0.15) is 0 Å². The van der Waals surface area contributed by atoms with Gasteiger partial charge in [0.2, 0.25) is 0 Å². The number of hydrogen-bond donors (Lipinski definition) is 2. The second-order valence-electron chi connectivity index (χ2n) is 8.21. The van der Waals surface area contributed by atoms with E-state index < -0.39 is 0 Å². The lowest BCUT2D eigenvalue weighted by molar-refractivity contribution is 0.333. The molecule has 0 saturated carbocycles. The molecule has 0 saturated heterocycles. The van der Waals surface area contributed by atoms with Crippen LogP contribution in [0.15, 0.2) is 36.4 Å². The average Bonchev–Trinajstić information content (AvgIpc) is 2.81. The van der Waals surface area contributed by atoms with Gasteiger partial charge in [-0.15, -0.1) is 0 Å². The molecule has 0 amide bonds. The molecule has 0 aliphatic carbocycles. The van der Waals surface area contributed by atoms with Crippen molar-refractivity contribution in [1.82, 2.24) is 10.6 Å². The van der Waals surface area contributed by atoms with E-state index in [9.17, 15) is 4.39 Å². The Hall–Kier alpha value is -2.11. The molecule has 2 aromatic rings. The summed E-state index contributed by atoms with van der Waals surface area (Å²) in [5.41, 5.74) is 3.47. The molecule has 32 heavy (non-hydrogen) atoms. The molecule has 178 valence electrons. The van der Waals surface area contributed by atoms with E-state index in [0.29, 0.717) is 5.75 Å². The number of rotatable bonds is 17. The molecule has 0 spiro atoms. The number of benzene rings is 2. The Balaban J connectivity index is 1.57. The van der Waals surface area contributed by atoms with Crippen LogP contribution in [-0.2, 0) is 19.3 Å². The molecule has 0 heterocycles. The molecule has 2 N–H and O–H groups in total. The van der Waals surface area contributed by atoms with Crippen molar-refractivity contribution in [3.8, 4) is 11.5 Å². The van der Waals surface area contributed by atoms with E-state index in [4.69, 9.17) is 9.47 Å². The number of nitrogens with one attached hydrogen (secondary N) is 2. The van der Waals surface area contributed by atoms with Crippen LogP contribution in [0.5, 0.6) is 11.5 Å². The molecule has 0 bridgehead atoms. The smallest absolute Gasteiger partial charge is 0.197 e. The second-order valence-corrected chi connectivity index (χ2v) is 8.21. The third-order valence-electron chi connectivity index (χ3n) is 5.76. The summed E-state index contributed by atoms with van der Waals surface area (Å²) >= 11 is 0. The van der Waals surface area contributed by atoms with Gasteiger partial charge in [-0.3, -0.25) is 0 Å². The Morgan fingerprint density at radius 3 is 1.97 bits per heavy atom. The van der Waals surface area contributed by atoms with Crippen molar-refractivity contribution in [2.24, 2.45) is 0 Å².